The number of amides is 1. The molecule has 1 heterocycles. The Morgan fingerprint density at radius 2 is 2.33 bits per heavy atom. The van der Waals surface area contributed by atoms with Crippen LogP contribution in [0, 0.1) is 5.82 Å². The first-order chi connectivity index (χ1) is 9.90. The van der Waals surface area contributed by atoms with E-state index in [0.717, 1.165) is 0 Å². The third-order valence-corrected chi connectivity index (χ3v) is 4.29. The zero-order valence-electron chi connectivity index (χ0n) is 12.2. The molecule has 1 N–H and O–H groups in total. The number of β-amino-alcohol motifs (C(OH)–C–C–N with tert-alkyl or cyclic N) is 1. The number of likely N-dealkylation sites (N-methyl/N-ethyl adjacent to an activating group) is 1. The van der Waals surface area contributed by atoms with Crippen LogP contribution in [0.3, 0.4) is 0 Å². The first kappa shape index (κ1) is 16.2. The van der Waals surface area contributed by atoms with Crippen LogP contribution < -0.4 is 0 Å². The number of hydrogen-bond donors (Lipinski definition) is 1. The van der Waals surface area contributed by atoms with E-state index >= 15 is 0 Å². The second-order valence-corrected chi connectivity index (χ2v) is 5.92. The number of hydrogen-bond acceptors (Lipinski definition) is 3. The lowest BCUT2D eigenvalue weighted by Crippen LogP contribution is -2.45. The van der Waals surface area contributed by atoms with Crippen molar-refractivity contribution in [2.75, 3.05) is 20.1 Å². The van der Waals surface area contributed by atoms with Gasteiger partial charge in [-0.3, -0.25) is 9.69 Å². The summed E-state index contributed by atoms with van der Waals surface area (Å²) in [5.41, 5.74) is 0.323. The highest BCUT2D eigenvalue weighted by atomic mass is 35.5. The van der Waals surface area contributed by atoms with E-state index in [9.17, 15) is 14.3 Å². The second kappa shape index (κ2) is 6.73. The summed E-state index contributed by atoms with van der Waals surface area (Å²) in [6.45, 7) is 3.13. The molecular formula is C15H20ClFN2O2. The highest BCUT2D eigenvalue weighted by molar-refractivity contribution is 6.31. The van der Waals surface area contributed by atoms with Gasteiger partial charge in [-0.25, -0.2) is 4.39 Å². The maximum absolute atomic E-state index is 13.8. The van der Waals surface area contributed by atoms with E-state index in [4.69, 9.17) is 11.6 Å². The first-order valence-electron chi connectivity index (χ1n) is 7.00. The molecule has 1 saturated heterocycles. The Morgan fingerprint density at radius 3 is 2.90 bits per heavy atom. The Balaban J connectivity index is 2.02. The summed E-state index contributed by atoms with van der Waals surface area (Å²) in [7, 11) is 1.63. The van der Waals surface area contributed by atoms with Crippen molar-refractivity contribution in [3.05, 3.63) is 34.6 Å². The minimum absolute atomic E-state index is 0.108. The standard InChI is InChI=1S/C15H20ClFN2O2/c1-10(19-7-6-11(20)8-19)15(21)18(2)9-12-13(16)4-3-5-14(12)17/h3-5,10-11,20H,6-9H2,1-2H3. The van der Waals surface area contributed by atoms with Crippen molar-refractivity contribution < 1.29 is 14.3 Å². The van der Waals surface area contributed by atoms with Gasteiger partial charge in [0, 0.05) is 37.3 Å². The molecule has 1 aliphatic rings. The molecule has 0 aliphatic carbocycles. The molecule has 2 atom stereocenters. The van der Waals surface area contributed by atoms with Crippen LogP contribution in [0.4, 0.5) is 4.39 Å². The molecule has 0 aromatic heterocycles. The summed E-state index contributed by atoms with van der Waals surface area (Å²) < 4.78 is 13.8. The van der Waals surface area contributed by atoms with Crippen LogP contribution in [0.2, 0.25) is 5.02 Å². The van der Waals surface area contributed by atoms with Gasteiger partial charge in [0.05, 0.1) is 12.1 Å². The first-order valence-corrected chi connectivity index (χ1v) is 7.38. The minimum atomic E-state index is -0.411. The molecule has 4 nitrogen and oxygen atoms in total. The molecule has 0 bridgehead atoms. The summed E-state index contributed by atoms with van der Waals surface area (Å²) in [5, 5.41) is 9.86. The van der Waals surface area contributed by atoms with E-state index in [1.165, 1.54) is 17.0 Å². The lowest BCUT2D eigenvalue weighted by atomic mass is 10.2. The SMILES string of the molecule is CC(C(=O)N(C)Cc1c(F)cccc1Cl)N1CCC(O)C1. The molecular weight excluding hydrogens is 295 g/mol. The molecule has 0 radical (unpaired) electrons. The summed E-state index contributed by atoms with van der Waals surface area (Å²) in [6, 6.07) is 4.15. The average molecular weight is 315 g/mol. The fraction of sp³-hybridized carbons (Fsp3) is 0.533. The predicted octanol–water partition coefficient (Wildman–Crippen LogP) is 1.89. The van der Waals surface area contributed by atoms with Crippen molar-refractivity contribution in [3.63, 3.8) is 0 Å². The molecule has 1 aromatic carbocycles. The zero-order valence-corrected chi connectivity index (χ0v) is 13.0. The summed E-state index contributed by atoms with van der Waals surface area (Å²) >= 11 is 5.98. The summed E-state index contributed by atoms with van der Waals surface area (Å²) in [4.78, 5) is 15.8. The van der Waals surface area contributed by atoms with E-state index in [-0.39, 0.29) is 24.6 Å². The lowest BCUT2D eigenvalue weighted by molar-refractivity contribution is -0.135. The van der Waals surface area contributed by atoms with Crippen LogP contribution >= 0.6 is 11.6 Å². The van der Waals surface area contributed by atoms with E-state index in [0.29, 0.717) is 30.1 Å². The third kappa shape index (κ3) is 3.73. The van der Waals surface area contributed by atoms with Gasteiger partial charge in [-0.05, 0) is 25.5 Å². The van der Waals surface area contributed by atoms with Gasteiger partial charge in [0.25, 0.3) is 0 Å². The second-order valence-electron chi connectivity index (χ2n) is 5.51. The van der Waals surface area contributed by atoms with Crippen molar-refractivity contribution >= 4 is 17.5 Å². The van der Waals surface area contributed by atoms with Gasteiger partial charge in [-0.1, -0.05) is 17.7 Å². The predicted molar refractivity (Wildman–Crippen MR) is 79.5 cm³/mol. The molecule has 6 heteroatoms. The van der Waals surface area contributed by atoms with Crippen LogP contribution in [-0.4, -0.2) is 53.1 Å². The average Bonchev–Trinajstić information content (AvgIpc) is 2.87. The van der Waals surface area contributed by atoms with Crippen LogP contribution in [-0.2, 0) is 11.3 Å². The number of aliphatic hydroxyl groups is 1. The molecule has 2 rings (SSSR count). The highest BCUT2D eigenvalue weighted by Gasteiger charge is 2.30. The smallest absolute Gasteiger partial charge is 0.239 e. The van der Waals surface area contributed by atoms with Crippen LogP contribution in [0.1, 0.15) is 18.9 Å². The monoisotopic (exact) mass is 314 g/mol. The van der Waals surface area contributed by atoms with Gasteiger partial charge in [0.15, 0.2) is 0 Å². The molecule has 0 saturated carbocycles. The Hall–Kier alpha value is -1.17. The number of carbonyl (C=O) groups excluding carboxylic acids is 1. The van der Waals surface area contributed by atoms with Crippen molar-refractivity contribution in [2.45, 2.75) is 32.0 Å². The maximum Gasteiger partial charge on any atom is 0.239 e. The number of halogens is 2. The normalized spacial score (nSPS) is 20.5. The Bertz CT molecular complexity index is 506. The summed E-state index contributed by atoms with van der Waals surface area (Å²) in [6.07, 6.45) is 0.312. The topological polar surface area (TPSA) is 43.8 Å². The molecule has 1 fully saturated rings. The molecule has 1 aliphatic heterocycles. The van der Waals surface area contributed by atoms with Crippen molar-refractivity contribution in [1.29, 1.82) is 0 Å². The minimum Gasteiger partial charge on any atom is -0.392 e. The van der Waals surface area contributed by atoms with Crippen LogP contribution in [0.25, 0.3) is 0 Å². The molecule has 1 aromatic rings. The number of aliphatic hydroxyl groups excluding tert-OH is 1. The van der Waals surface area contributed by atoms with E-state index in [1.54, 1.807) is 20.0 Å². The van der Waals surface area contributed by atoms with Gasteiger partial charge in [-0.2, -0.15) is 0 Å². The number of nitrogens with zero attached hydrogens (tertiary/aromatic N) is 2. The zero-order chi connectivity index (χ0) is 15.6. The van der Waals surface area contributed by atoms with Crippen molar-refractivity contribution in [3.8, 4) is 0 Å². The van der Waals surface area contributed by atoms with E-state index in [2.05, 4.69) is 0 Å². The van der Waals surface area contributed by atoms with Crippen LogP contribution in [0.5, 0.6) is 0 Å². The van der Waals surface area contributed by atoms with Gasteiger partial charge in [0.2, 0.25) is 5.91 Å². The molecule has 0 spiro atoms. The van der Waals surface area contributed by atoms with Gasteiger partial charge in [0.1, 0.15) is 5.82 Å². The molecule has 116 valence electrons. The largest absolute Gasteiger partial charge is 0.392 e. The summed E-state index contributed by atoms with van der Waals surface area (Å²) in [5.74, 6) is -0.519. The number of carbonyl (C=O) groups is 1. The number of rotatable bonds is 4. The number of benzene rings is 1. The van der Waals surface area contributed by atoms with Gasteiger partial charge < -0.3 is 10.0 Å². The van der Waals surface area contributed by atoms with E-state index in [1.807, 2.05) is 4.90 Å². The van der Waals surface area contributed by atoms with Crippen LogP contribution in [0.15, 0.2) is 18.2 Å². The maximum atomic E-state index is 13.8. The van der Waals surface area contributed by atoms with E-state index < -0.39 is 5.82 Å². The van der Waals surface area contributed by atoms with Crippen molar-refractivity contribution in [2.24, 2.45) is 0 Å². The molecule has 1 amide bonds. The fourth-order valence-electron chi connectivity index (χ4n) is 2.59. The Morgan fingerprint density at radius 1 is 1.62 bits per heavy atom. The van der Waals surface area contributed by atoms with Crippen molar-refractivity contribution in [1.82, 2.24) is 9.80 Å². The van der Waals surface area contributed by atoms with Gasteiger partial charge >= 0.3 is 0 Å². The Labute approximate surface area is 129 Å². The Kier molecular flexibility index (Phi) is 5.19. The lowest BCUT2D eigenvalue weighted by Gasteiger charge is -2.28. The quantitative estimate of drug-likeness (QED) is 0.923. The molecule has 21 heavy (non-hydrogen) atoms. The molecule has 2 unspecified atom stereocenters. The third-order valence-electron chi connectivity index (χ3n) is 3.93. The highest BCUT2D eigenvalue weighted by Crippen LogP contribution is 2.21. The van der Waals surface area contributed by atoms with Gasteiger partial charge in [-0.15, -0.1) is 0 Å². The fourth-order valence-corrected chi connectivity index (χ4v) is 2.82. The number of likely N-dealkylation sites (tertiary alicyclic amines) is 1.